The van der Waals surface area contributed by atoms with Crippen LogP contribution in [0.2, 0.25) is 0 Å². The zero-order valence-electron chi connectivity index (χ0n) is 13.3. The molecule has 1 atom stereocenters. The molecule has 6 heteroatoms. The fraction of sp³-hybridized carbons (Fsp3) is 0.278. The van der Waals surface area contributed by atoms with Crippen molar-refractivity contribution in [2.75, 3.05) is 6.61 Å². The van der Waals surface area contributed by atoms with Gasteiger partial charge in [-0.15, -0.1) is 0 Å². The number of carbonyl (C=O) groups is 1. The second kappa shape index (κ2) is 5.78. The Balaban J connectivity index is 2.10. The first-order valence-electron chi connectivity index (χ1n) is 7.49. The first kappa shape index (κ1) is 16.2. The molecule has 0 saturated carbocycles. The molecule has 1 aliphatic heterocycles. The molecular weight excluding hydrogens is 316 g/mol. The summed E-state index contributed by atoms with van der Waals surface area (Å²) in [4.78, 5) is 11.1. The number of benzene rings is 2. The van der Waals surface area contributed by atoms with E-state index in [-0.39, 0.29) is 12.2 Å². The molecule has 1 unspecified atom stereocenters. The maximum Gasteiger partial charge on any atom is 0.405 e. The van der Waals surface area contributed by atoms with Crippen LogP contribution in [0.15, 0.2) is 36.4 Å². The summed E-state index contributed by atoms with van der Waals surface area (Å²) in [5, 5.41) is 11.5. The number of fused-ring (bicyclic) bond motifs is 1. The Morgan fingerprint density at radius 3 is 2.71 bits per heavy atom. The number of carboxylic acid groups (broad SMARTS) is 1. The van der Waals surface area contributed by atoms with Crippen molar-refractivity contribution in [3.05, 3.63) is 53.6 Å². The summed E-state index contributed by atoms with van der Waals surface area (Å²) in [5.41, 5.74) is 0.512. The molecule has 0 aliphatic carbocycles. The fourth-order valence-electron chi connectivity index (χ4n) is 2.96. The number of hydrogen-bond acceptors (Lipinski definition) is 2. The summed E-state index contributed by atoms with van der Waals surface area (Å²) in [7, 11) is 0. The van der Waals surface area contributed by atoms with E-state index in [0.717, 1.165) is 0 Å². The molecule has 0 fully saturated rings. The lowest BCUT2D eigenvalue weighted by molar-refractivity contribution is 0.0992. The van der Waals surface area contributed by atoms with E-state index in [1.54, 1.807) is 6.07 Å². The summed E-state index contributed by atoms with van der Waals surface area (Å²) in [6.45, 7) is 3.96. The van der Waals surface area contributed by atoms with Crippen molar-refractivity contribution in [3.8, 4) is 16.9 Å². The zero-order valence-corrected chi connectivity index (χ0v) is 13.3. The minimum Gasteiger partial charge on any atom is -0.493 e. The maximum absolute atomic E-state index is 14.6. The first-order valence-corrected chi connectivity index (χ1v) is 7.49. The van der Waals surface area contributed by atoms with Gasteiger partial charge >= 0.3 is 6.09 Å². The van der Waals surface area contributed by atoms with E-state index in [1.165, 1.54) is 30.3 Å². The maximum atomic E-state index is 14.6. The number of ether oxygens (including phenoxy) is 1. The van der Waals surface area contributed by atoms with Gasteiger partial charge in [-0.25, -0.2) is 13.6 Å². The van der Waals surface area contributed by atoms with Crippen molar-refractivity contribution in [1.82, 2.24) is 5.32 Å². The van der Waals surface area contributed by atoms with Crippen LogP contribution >= 0.6 is 0 Å². The number of halogens is 2. The van der Waals surface area contributed by atoms with Crippen LogP contribution in [0.5, 0.6) is 5.75 Å². The molecule has 126 valence electrons. The lowest BCUT2D eigenvalue weighted by Gasteiger charge is -2.39. The predicted octanol–water partition coefficient (Wildman–Crippen LogP) is 4.36. The third-order valence-electron chi connectivity index (χ3n) is 4.20. The van der Waals surface area contributed by atoms with Gasteiger partial charge in [0.2, 0.25) is 0 Å². The Bertz CT molecular complexity index is 805. The Morgan fingerprint density at radius 1 is 1.29 bits per heavy atom. The molecule has 0 radical (unpaired) electrons. The van der Waals surface area contributed by atoms with Crippen LogP contribution in [0.25, 0.3) is 11.1 Å². The molecule has 0 aromatic heterocycles. The van der Waals surface area contributed by atoms with E-state index in [1.807, 2.05) is 13.8 Å². The Kier molecular flexibility index (Phi) is 3.91. The summed E-state index contributed by atoms with van der Waals surface area (Å²) < 4.78 is 33.7. The second-order valence-corrected chi connectivity index (χ2v) is 6.54. The molecular formula is C18H17F2NO3. The van der Waals surface area contributed by atoms with Crippen molar-refractivity contribution in [2.24, 2.45) is 5.41 Å². The SMILES string of the molecule is CC1(C)COc2cc(-c3cccc(F)c3)c(F)cc2C1NC(=O)O. The number of hydrogen-bond donors (Lipinski definition) is 2. The molecule has 2 N–H and O–H groups in total. The average Bonchev–Trinajstić information content (AvgIpc) is 2.50. The monoisotopic (exact) mass is 333 g/mol. The standard InChI is InChI=1S/C18H17F2NO3/c1-18(2)9-24-15-8-12(10-4-3-5-11(19)6-10)14(20)7-13(15)16(18)21-17(22)23/h3-8,16,21H,9H2,1-2H3,(H,22,23). The molecule has 4 nitrogen and oxygen atoms in total. The minimum atomic E-state index is -1.18. The lowest BCUT2D eigenvalue weighted by atomic mass is 9.78. The average molecular weight is 333 g/mol. The largest absolute Gasteiger partial charge is 0.493 e. The van der Waals surface area contributed by atoms with E-state index in [9.17, 15) is 13.6 Å². The van der Waals surface area contributed by atoms with Crippen molar-refractivity contribution in [2.45, 2.75) is 19.9 Å². The minimum absolute atomic E-state index is 0.210. The molecule has 2 aromatic rings. The molecule has 2 aromatic carbocycles. The molecule has 1 aliphatic rings. The number of nitrogens with one attached hydrogen (secondary N) is 1. The van der Waals surface area contributed by atoms with Crippen molar-refractivity contribution in [3.63, 3.8) is 0 Å². The molecule has 0 bridgehead atoms. The van der Waals surface area contributed by atoms with Crippen LogP contribution in [-0.2, 0) is 0 Å². The van der Waals surface area contributed by atoms with Crippen LogP contribution < -0.4 is 10.1 Å². The highest BCUT2D eigenvalue weighted by Crippen LogP contribution is 2.44. The van der Waals surface area contributed by atoms with Gasteiger partial charge in [0.1, 0.15) is 17.4 Å². The van der Waals surface area contributed by atoms with Gasteiger partial charge in [-0.2, -0.15) is 0 Å². The van der Waals surface area contributed by atoms with Gasteiger partial charge in [0.15, 0.2) is 0 Å². The van der Waals surface area contributed by atoms with Gasteiger partial charge in [0.25, 0.3) is 0 Å². The Labute approximate surface area is 138 Å². The van der Waals surface area contributed by atoms with E-state index in [0.29, 0.717) is 16.9 Å². The van der Waals surface area contributed by atoms with Crippen molar-refractivity contribution in [1.29, 1.82) is 0 Å². The highest BCUT2D eigenvalue weighted by Gasteiger charge is 2.39. The number of rotatable bonds is 2. The quantitative estimate of drug-likeness (QED) is 0.858. The number of amides is 1. The third kappa shape index (κ3) is 2.91. The smallest absolute Gasteiger partial charge is 0.405 e. The van der Waals surface area contributed by atoms with Gasteiger partial charge in [0.05, 0.1) is 12.6 Å². The Morgan fingerprint density at radius 2 is 2.04 bits per heavy atom. The second-order valence-electron chi connectivity index (χ2n) is 6.54. The lowest BCUT2D eigenvalue weighted by Crippen LogP contribution is -2.43. The van der Waals surface area contributed by atoms with Gasteiger partial charge in [-0.05, 0) is 29.8 Å². The van der Waals surface area contributed by atoms with Gasteiger partial charge < -0.3 is 15.2 Å². The highest BCUT2D eigenvalue weighted by molar-refractivity contribution is 5.69. The summed E-state index contributed by atoms with van der Waals surface area (Å²) in [6.07, 6.45) is -1.18. The van der Waals surface area contributed by atoms with Crippen molar-refractivity contribution < 1.29 is 23.4 Å². The molecule has 1 amide bonds. The van der Waals surface area contributed by atoms with Crippen LogP contribution in [0.3, 0.4) is 0 Å². The molecule has 0 spiro atoms. The van der Waals surface area contributed by atoms with E-state index in [4.69, 9.17) is 9.84 Å². The Hall–Kier alpha value is -2.63. The summed E-state index contributed by atoms with van der Waals surface area (Å²) >= 11 is 0. The van der Waals surface area contributed by atoms with E-state index in [2.05, 4.69) is 5.32 Å². The molecule has 3 rings (SSSR count). The van der Waals surface area contributed by atoms with Crippen LogP contribution in [-0.4, -0.2) is 17.8 Å². The molecule has 24 heavy (non-hydrogen) atoms. The van der Waals surface area contributed by atoms with Crippen molar-refractivity contribution >= 4 is 6.09 Å². The van der Waals surface area contributed by atoms with Crippen LogP contribution in [0, 0.1) is 17.0 Å². The van der Waals surface area contributed by atoms with Crippen LogP contribution in [0.4, 0.5) is 13.6 Å². The summed E-state index contributed by atoms with van der Waals surface area (Å²) in [5.74, 6) is -0.622. The normalized spacial score (nSPS) is 18.4. The molecule has 0 saturated heterocycles. The van der Waals surface area contributed by atoms with Crippen LogP contribution in [0.1, 0.15) is 25.5 Å². The molecule has 1 heterocycles. The first-order chi connectivity index (χ1) is 11.3. The highest BCUT2D eigenvalue weighted by atomic mass is 19.1. The van der Waals surface area contributed by atoms with Gasteiger partial charge in [0, 0.05) is 16.5 Å². The van der Waals surface area contributed by atoms with E-state index >= 15 is 0 Å². The summed E-state index contributed by atoms with van der Waals surface area (Å²) in [6, 6.07) is 7.78. The predicted molar refractivity (Wildman–Crippen MR) is 85.0 cm³/mol. The van der Waals surface area contributed by atoms with E-state index < -0.39 is 29.2 Å². The zero-order chi connectivity index (χ0) is 17.5. The topological polar surface area (TPSA) is 58.6 Å². The third-order valence-corrected chi connectivity index (χ3v) is 4.20. The van der Waals surface area contributed by atoms with Gasteiger partial charge in [-0.3, -0.25) is 0 Å². The van der Waals surface area contributed by atoms with Gasteiger partial charge in [-0.1, -0.05) is 26.0 Å². The fourth-order valence-corrected chi connectivity index (χ4v) is 2.96.